The van der Waals surface area contributed by atoms with E-state index in [-0.39, 0.29) is 35.4 Å². The van der Waals surface area contributed by atoms with Crippen LogP contribution in [0.4, 0.5) is 0 Å². The van der Waals surface area contributed by atoms with Gasteiger partial charge < -0.3 is 14.6 Å². The number of rotatable bonds is 6. The smallest absolute Gasteiger partial charge is 0.327 e. The number of hydrazone groups is 1. The van der Waals surface area contributed by atoms with E-state index in [9.17, 15) is 18.3 Å². The number of aromatic hydroxyl groups is 1. The quantitative estimate of drug-likeness (QED) is 0.432. The summed E-state index contributed by atoms with van der Waals surface area (Å²) in [6.45, 7) is 1.51. The summed E-state index contributed by atoms with van der Waals surface area (Å²) < 4.78 is 38.5. The normalized spacial score (nSPS) is 14.3. The Morgan fingerprint density at radius 2 is 2.03 bits per heavy atom. The van der Waals surface area contributed by atoms with Crippen molar-refractivity contribution in [3.63, 3.8) is 0 Å². The zero-order valence-corrected chi connectivity index (χ0v) is 16.6. The van der Waals surface area contributed by atoms with Crippen LogP contribution in [0, 0.1) is 0 Å². The van der Waals surface area contributed by atoms with Crippen LogP contribution in [-0.2, 0) is 19.6 Å². The molecule has 0 saturated carbocycles. The van der Waals surface area contributed by atoms with Gasteiger partial charge in [-0.05, 0) is 42.8 Å². The van der Waals surface area contributed by atoms with E-state index in [4.69, 9.17) is 9.47 Å². The first-order valence-electron chi connectivity index (χ1n) is 8.64. The fraction of sp³-hybridized carbons (Fsp3) is 0.211. The minimum absolute atomic E-state index is 0.0237. The van der Waals surface area contributed by atoms with E-state index in [0.29, 0.717) is 11.1 Å². The van der Waals surface area contributed by atoms with Crippen LogP contribution in [-0.4, -0.2) is 56.8 Å². The predicted molar refractivity (Wildman–Crippen MR) is 106 cm³/mol. The molecular formula is C19H19N3O6S. The Bertz CT molecular complexity index is 1090. The molecule has 2 aromatic carbocycles. The number of methoxy groups -OCH3 is 1. The van der Waals surface area contributed by atoms with E-state index in [1.807, 2.05) is 0 Å². The van der Waals surface area contributed by atoms with Crippen molar-refractivity contribution in [2.45, 2.75) is 11.8 Å². The second-order valence-electron chi connectivity index (χ2n) is 5.92. The van der Waals surface area contributed by atoms with Gasteiger partial charge in [0.15, 0.2) is 17.3 Å². The third kappa shape index (κ3) is 4.37. The van der Waals surface area contributed by atoms with Crippen LogP contribution in [0.3, 0.4) is 0 Å². The Hall–Kier alpha value is -3.40. The van der Waals surface area contributed by atoms with Gasteiger partial charge >= 0.3 is 5.97 Å². The van der Waals surface area contributed by atoms with Gasteiger partial charge in [-0.25, -0.2) is 5.01 Å². The van der Waals surface area contributed by atoms with Gasteiger partial charge in [-0.3, -0.25) is 4.79 Å². The summed E-state index contributed by atoms with van der Waals surface area (Å²) in [5.41, 5.74) is 0.903. The van der Waals surface area contributed by atoms with Crippen LogP contribution in [0.1, 0.15) is 18.1 Å². The second kappa shape index (κ2) is 8.31. The number of nitrogens with zero attached hydrogens (tertiary/aromatic N) is 3. The van der Waals surface area contributed by atoms with E-state index in [2.05, 4.69) is 9.50 Å². The van der Waals surface area contributed by atoms with Crippen LogP contribution in [0.2, 0.25) is 0 Å². The highest BCUT2D eigenvalue weighted by Crippen LogP contribution is 2.28. The first-order chi connectivity index (χ1) is 13.9. The average Bonchev–Trinajstić information content (AvgIpc) is 2.97. The molecule has 0 bridgehead atoms. The Labute approximate surface area is 168 Å². The third-order valence-electron chi connectivity index (χ3n) is 3.99. The van der Waals surface area contributed by atoms with Crippen molar-refractivity contribution in [2.24, 2.45) is 9.50 Å². The second-order valence-corrected chi connectivity index (χ2v) is 7.50. The highest BCUT2D eigenvalue weighted by molar-refractivity contribution is 7.90. The summed E-state index contributed by atoms with van der Waals surface area (Å²) in [7, 11) is -2.47. The molecule has 0 aromatic heterocycles. The Morgan fingerprint density at radius 3 is 2.76 bits per heavy atom. The fourth-order valence-corrected chi connectivity index (χ4v) is 3.89. The molecule has 0 fully saturated rings. The minimum atomic E-state index is -3.88. The summed E-state index contributed by atoms with van der Waals surface area (Å²) in [5, 5.41) is 15.1. The van der Waals surface area contributed by atoms with Gasteiger partial charge in [-0.15, -0.1) is 4.40 Å². The third-order valence-corrected chi connectivity index (χ3v) is 5.32. The van der Waals surface area contributed by atoms with Crippen LogP contribution < -0.4 is 4.74 Å². The van der Waals surface area contributed by atoms with Crippen molar-refractivity contribution >= 4 is 28.0 Å². The molecule has 1 aliphatic heterocycles. The van der Waals surface area contributed by atoms with E-state index in [1.54, 1.807) is 37.3 Å². The van der Waals surface area contributed by atoms with Gasteiger partial charge in [0, 0.05) is 5.56 Å². The van der Waals surface area contributed by atoms with Crippen molar-refractivity contribution in [2.75, 3.05) is 20.3 Å². The van der Waals surface area contributed by atoms with Crippen LogP contribution >= 0.6 is 0 Å². The number of fused-ring (bicyclic) bond motifs is 1. The van der Waals surface area contributed by atoms with Crippen LogP contribution in [0.25, 0.3) is 0 Å². The van der Waals surface area contributed by atoms with E-state index in [1.165, 1.54) is 30.5 Å². The summed E-state index contributed by atoms with van der Waals surface area (Å²) in [6, 6.07) is 10.9. The van der Waals surface area contributed by atoms with Crippen molar-refractivity contribution < 1.29 is 27.8 Å². The molecule has 9 nitrogen and oxygen atoms in total. The van der Waals surface area contributed by atoms with Gasteiger partial charge in [0.1, 0.15) is 11.4 Å². The average molecular weight is 417 g/mol. The lowest BCUT2D eigenvalue weighted by Crippen LogP contribution is -2.32. The first-order valence-corrected chi connectivity index (χ1v) is 10.1. The van der Waals surface area contributed by atoms with Crippen LogP contribution in [0.15, 0.2) is 56.9 Å². The number of benzene rings is 2. The molecule has 152 valence electrons. The van der Waals surface area contributed by atoms with Gasteiger partial charge in [0.2, 0.25) is 0 Å². The van der Waals surface area contributed by atoms with E-state index < -0.39 is 16.0 Å². The van der Waals surface area contributed by atoms with Crippen molar-refractivity contribution in [3.8, 4) is 11.5 Å². The molecule has 0 unspecified atom stereocenters. The number of carbonyl (C=O) groups is 1. The van der Waals surface area contributed by atoms with Crippen molar-refractivity contribution in [1.29, 1.82) is 0 Å². The lowest BCUT2D eigenvalue weighted by Gasteiger charge is -2.17. The van der Waals surface area contributed by atoms with Crippen LogP contribution in [0.5, 0.6) is 11.5 Å². The number of hydrogen-bond donors (Lipinski definition) is 1. The molecule has 0 amide bonds. The number of carbonyl (C=O) groups excluding carboxylic acids is 1. The summed E-state index contributed by atoms with van der Waals surface area (Å²) >= 11 is 0. The predicted octanol–water partition coefficient (Wildman–Crippen LogP) is 1.75. The summed E-state index contributed by atoms with van der Waals surface area (Å²) in [4.78, 5) is 12.1. The molecule has 0 spiro atoms. The van der Waals surface area contributed by atoms with E-state index >= 15 is 0 Å². The number of phenolic OH excluding ortho intramolecular Hbond substituents is 1. The molecular weight excluding hydrogens is 398 g/mol. The highest BCUT2D eigenvalue weighted by Gasteiger charge is 2.32. The Morgan fingerprint density at radius 1 is 1.28 bits per heavy atom. The maximum absolute atomic E-state index is 12.3. The Balaban J connectivity index is 1.99. The molecule has 0 aliphatic carbocycles. The standard InChI is InChI=1S/C19H19N3O6S/c1-3-28-18(24)12-22(20-11-13-8-9-15(23)16(10-13)27-2)19-14-6-4-5-7-17(14)29(25,26)21-19/h4-11,23H,3,12H2,1-2H3. The molecule has 1 aliphatic rings. The molecule has 0 saturated heterocycles. The van der Waals surface area contributed by atoms with Gasteiger partial charge in [0.05, 0.1) is 19.9 Å². The molecule has 2 aromatic rings. The molecule has 1 heterocycles. The SMILES string of the molecule is CCOC(=O)CN(N=Cc1ccc(O)c(OC)c1)C1=NS(=O)(=O)c2ccccc21. The molecule has 10 heteroatoms. The lowest BCUT2D eigenvalue weighted by atomic mass is 10.2. The first kappa shape index (κ1) is 20.3. The number of sulfonamides is 1. The zero-order valence-electron chi connectivity index (χ0n) is 15.8. The maximum atomic E-state index is 12.3. The molecule has 29 heavy (non-hydrogen) atoms. The highest BCUT2D eigenvalue weighted by atomic mass is 32.2. The number of esters is 1. The van der Waals surface area contributed by atoms with E-state index in [0.717, 1.165) is 0 Å². The maximum Gasteiger partial charge on any atom is 0.327 e. The van der Waals surface area contributed by atoms with Crippen molar-refractivity contribution in [1.82, 2.24) is 5.01 Å². The topological polar surface area (TPSA) is 118 Å². The number of ether oxygens (including phenoxy) is 2. The molecule has 3 rings (SSSR count). The molecule has 1 N–H and O–H groups in total. The lowest BCUT2D eigenvalue weighted by molar-refractivity contribution is -0.143. The minimum Gasteiger partial charge on any atom is -0.504 e. The number of amidine groups is 1. The fourth-order valence-electron chi connectivity index (χ4n) is 2.68. The molecule has 0 atom stereocenters. The van der Waals surface area contributed by atoms with Gasteiger partial charge in [0.25, 0.3) is 10.0 Å². The molecule has 0 radical (unpaired) electrons. The largest absolute Gasteiger partial charge is 0.504 e. The zero-order chi connectivity index (χ0) is 21.0. The monoisotopic (exact) mass is 417 g/mol. The van der Waals surface area contributed by atoms with Gasteiger partial charge in [-0.2, -0.15) is 13.5 Å². The number of hydrogen-bond acceptors (Lipinski definition) is 8. The van der Waals surface area contributed by atoms with Gasteiger partial charge in [-0.1, -0.05) is 12.1 Å². The van der Waals surface area contributed by atoms with Crippen molar-refractivity contribution in [3.05, 3.63) is 53.6 Å². The Kier molecular flexibility index (Phi) is 5.83. The number of phenols is 1. The summed E-state index contributed by atoms with van der Waals surface area (Å²) in [6.07, 6.45) is 1.40. The summed E-state index contributed by atoms with van der Waals surface area (Å²) in [5.74, 6) is -0.349.